The first-order valence-corrected chi connectivity index (χ1v) is 11.1. The number of ether oxygens (including phenoxy) is 2. The van der Waals surface area contributed by atoms with Crippen molar-refractivity contribution in [2.75, 3.05) is 13.2 Å². The highest BCUT2D eigenvalue weighted by Gasteiger charge is 2.21. The van der Waals surface area contributed by atoms with E-state index < -0.39 is 17.9 Å². The minimum Gasteiger partial charge on any atom is -0.462 e. The second-order valence-electron chi connectivity index (χ2n) is 7.51. The summed E-state index contributed by atoms with van der Waals surface area (Å²) in [4.78, 5) is 40.6. The highest BCUT2D eigenvalue weighted by Crippen LogP contribution is 2.31. The average Bonchev–Trinajstić information content (AvgIpc) is 3.13. The Morgan fingerprint density at radius 1 is 0.882 bits per heavy atom. The zero-order chi connectivity index (χ0) is 24.8. The van der Waals surface area contributed by atoms with Crippen LogP contribution in [-0.4, -0.2) is 41.4 Å². The molecule has 0 atom stereocenters. The standard InChI is InChI=1S/C26H28N2O6/c1-6-28-23-11-9-18(14-22(25(30)32-7-2)26(31)33-8-3)13-20(23)21-15-19(10-12-24(21)28)16(4)27-34-17(5)29/h9-15H,6-8H2,1-5H3. The van der Waals surface area contributed by atoms with Crippen LogP contribution in [0.5, 0.6) is 0 Å². The molecule has 0 aliphatic heterocycles. The number of hydrogen-bond acceptors (Lipinski definition) is 7. The number of hydrogen-bond donors (Lipinski definition) is 0. The van der Waals surface area contributed by atoms with E-state index in [0.717, 1.165) is 33.9 Å². The van der Waals surface area contributed by atoms with Crippen LogP contribution in [-0.2, 0) is 35.2 Å². The van der Waals surface area contributed by atoms with E-state index in [9.17, 15) is 14.4 Å². The van der Waals surface area contributed by atoms with Gasteiger partial charge in [0.25, 0.3) is 0 Å². The van der Waals surface area contributed by atoms with Crippen molar-refractivity contribution in [3.63, 3.8) is 0 Å². The number of fused-ring (bicyclic) bond motifs is 3. The largest absolute Gasteiger partial charge is 0.462 e. The van der Waals surface area contributed by atoms with Crippen LogP contribution < -0.4 is 0 Å². The molecule has 1 aromatic heterocycles. The molecule has 0 saturated heterocycles. The number of esters is 2. The van der Waals surface area contributed by atoms with Gasteiger partial charge in [-0.3, -0.25) is 0 Å². The summed E-state index contributed by atoms with van der Waals surface area (Å²) < 4.78 is 12.3. The lowest BCUT2D eigenvalue weighted by atomic mass is 10.0. The molecule has 8 heteroatoms. The molecule has 0 spiro atoms. The number of benzene rings is 2. The number of aromatic nitrogens is 1. The van der Waals surface area contributed by atoms with Crippen LogP contribution in [0.15, 0.2) is 47.1 Å². The fraction of sp³-hybridized carbons (Fsp3) is 0.308. The van der Waals surface area contributed by atoms with Gasteiger partial charge >= 0.3 is 17.9 Å². The highest BCUT2D eigenvalue weighted by atomic mass is 16.7. The number of carbonyl (C=O) groups excluding carboxylic acids is 3. The predicted molar refractivity (Wildman–Crippen MR) is 130 cm³/mol. The Hall–Kier alpha value is -3.94. The van der Waals surface area contributed by atoms with E-state index in [1.165, 1.54) is 13.0 Å². The molecule has 0 aliphatic rings. The molecule has 3 rings (SSSR count). The van der Waals surface area contributed by atoms with E-state index in [1.54, 1.807) is 20.8 Å². The van der Waals surface area contributed by atoms with Crippen molar-refractivity contribution < 1.29 is 28.7 Å². The second kappa shape index (κ2) is 10.8. The van der Waals surface area contributed by atoms with Crippen LogP contribution in [0.1, 0.15) is 45.7 Å². The van der Waals surface area contributed by atoms with Crippen LogP contribution in [0.4, 0.5) is 0 Å². The summed E-state index contributed by atoms with van der Waals surface area (Å²) >= 11 is 0. The molecule has 3 aromatic rings. The van der Waals surface area contributed by atoms with Crippen molar-refractivity contribution in [3.8, 4) is 0 Å². The number of carbonyl (C=O) groups is 3. The van der Waals surface area contributed by atoms with Gasteiger partial charge in [-0.2, -0.15) is 0 Å². The first kappa shape index (κ1) is 24.7. The minimum absolute atomic E-state index is 0.148. The molecule has 0 aliphatic carbocycles. The van der Waals surface area contributed by atoms with E-state index in [4.69, 9.17) is 14.3 Å². The summed E-state index contributed by atoms with van der Waals surface area (Å²) in [7, 11) is 0. The molecule has 34 heavy (non-hydrogen) atoms. The zero-order valence-corrected chi connectivity index (χ0v) is 20.0. The van der Waals surface area contributed by atoms with Crippen molar-refractivity contribution in [2.24, 2.45) is 5.16 Å². The van der Waals surface area contributed by atoms with E-state index in [1.807, 2.05) is 36.4 Å². The molecule has 1 heterocycles. The molecule has 178 valence electrons. The molecule has 0 amide bonds. The van der Waals surface area contributed by atoms with Gasteiger partial charge < -0.3 is 18.9 Å². The molecule has 0 N–H and O–H groups in total. The van der Waals surface area contributed by atoms with Crippen molar-refractivity contribution in [3.05, 3.63) is 53.1 Å². The topological polar surface area (TPSA) is 96.2 Å². The van der Waals surface area contributed by atoms with Gasteiger partial charge in [-0.1, -0.05) is 17.3 Å². The minimum atomic E-state index is -0.725. The third-order valence-corrected chi connectivity index (χ3v) is 5.24. The van der Waals surface area contributed by atoms with E-state index in [-0.39, 0.29) is 18.8 Å². The Morgan fingerprint density at radius 2 is 1.47 bits per heavy atom. The van der Waals surface area contributed by atoms with Gasteiger partial charge in [0.05, 0.1) is 18.9 Å². The number of aryl methyl sites for hydroxylation is 1. The molecular formula is C26H28N2O6. The van der Waals surface area contributed by atoms with Crippen LogP contribution in [0.3, 0.4) is 0 Å². The lowest BCUT2D eigenvalue weighted by molar-refractivity contribution is -0.146. The number of nitrogens with zero attached hydrogens (tertiary/aromatic N) is 2. The SMILES string of the molecule is CCOC(=O)C(=Cc1ccc2c(c1)c1cc(C(C)=NOC(C)=O)ccc1n2CC)C(=O)OCC. The van der Waals surface area contributed by atoms with Gasteiger partial charge in [-0.15, -0.1) is 0 Å². The Balaban J connectivity index is 2.18. The fourth-order valence-electron chi connectivity index (χ4n) is 3.75. The predicted octanol–water partition coefficient (Wildman–Crippen LogP) is 4.61. The normalized spacial score (nSPS) is 11.4. The lowest BCUT2D eigenvalue weighted by Crippen LogP contribution is -2.18. The van der Waals surface area contributed by atoms with E-state index in [2.05, 4.69) is 16.6 Å². The Bertz CT molecular complexity index is 1300. The first-order valence-electron chi connectivity index (χ1n) is 11.1. The highest BCUT2D eigenvalue weighted by molar-refractivity contribution is 6.18. The molecule has 0 saturated carbocycles. The van der Waals surface area contributed by atoms with E-state index in [0.29, 0.717) is 11.3 Å². The summed E-state index contributed by atoms with van der Waals surface area (Å²) in [5, 5.41) is 5.80. The Labute approximate surface area is 197 Å². The third-order valence-electron chi connectivity index (χ3n) is 5.24. The molecule has 0 radical (unpaired) electrons. The molecule has 0 fully saturated rings. The van der Waals surface area contributed by atoms with Gasteiger partial charge in [-0.25, -0.2) is 14.4 Å². The summed E-state index contributed by atoms with van der Waals surface area (Å²) in [6.07, 6.45) is 1.49. The summed E-state index contributed by atoms with van der Waals surface area (Å²) in [6, 6.07) is 11.6. The summed E-state index contributed by atoms with van der Waals surface area (Å²) in [5.41, 5.74) is 3.91. The van der Waals surface area contributed by atoms with Gasteiger partial charge in [0, 0.05) is 35.3 Å². The second-order valence-corrected chi connectivity index (χ2v) is 7.51. The van der Waals surface area contributed by atoms with Gasteiger partial charge in [0.1, 0.15) is 5.57 Å². The molecular weight excluding hydrogens is 436 g/mol. The molecule has 2 aromatic carbocycles. The van der Waals surface area contributed by atoms with Crippen molar-refractivity contribution >= 4 is 51.5 Å². The van der Waals surface area contributed by atoms with Crippen molar-refractivity contribution in [1.29, 1.82) is 0 Å². The van der Waals surface area contributed by atoms with Crippen molar-refractivity contribution in [2.45, 2.75) is 41.2 Å². The van der Waals surface area contributed by atoms with Crippen LogP contribution in [0, 0.1) is 0 Å². The van der Waals surface area contributed by atoms with Crippen LogP contribution in [0.25, 0.3) is 27.9 Å². The first-order chi connectivity index (χ1) is 16.3. The van der Waals surface area contributed by atoms with Gasteiger partial charge in [0.2, 0.25) is 0 Å². The Kier molecular flexibility index (Phi) is 7.83. The number of oxime groups is 1. The monoisotopic (exact) mass is 464 g/mol. The quantitative estimate of drug-likeness (QED) is 0.0919. The van der Waals surface area contributed by atoms with Crippen molar-refractivity contribution in [1.82, 2.24) is 4.57 Å². The summed E-state index contributed by atoms with van der Waals surface area (Å²) in [6.45, 7) is 9.53. The molecule has 0 unspecified atom stereocenters. The maximum absolute atomic E-state index is 12.4. The van der Waals surface area contributed by atoms with Gasteiger partial charge in [0.15, 0.2) is 0 Å². The molecule has 0 bridgehead atoms. The third kappa shape index (κ3) is 5.17. The smallest absolute Gasteiger partial charge is 0.345 e. The fourth-order valence-corrected chi connectivity index (χ4v) is 3.75. The molecule has 8 nitrogen and oxygen atoms in total. The lowest BCUT2D eigenvalue weighted by Gasteiger charge is -2.07. The van der Waals surface area contributed by atoms with E-state index >= 15 is 0 Å². The zero-order valence-electron chi connectivity index (χ0n) is 20.0. The Morgan fingerprint density at radius 3 is 2.03 bits per heavy atom. The van der Waals surface area contributed by atoms with Crippen LogP contribution >= 0.6 is 0 Å². The average molecular weight is 465 g/mol. The summed E-state index contributed by atoms with van der Waals surface area (Å²) in [5.74, 6) is -1.94. The maximum Gasteiger partial charge on any atom is 0.345 e. The van der Waals surface area contributed by atoms with Crippen LogP contribution in [0.2, 0.25) is 0 Å². The number of rotatable bonds is 8. The maximum atomic E-state index is 12.4. The van der Waals surface area contributed by atoms with Gasteiger partial charge in [-0.05, 0) is 69.2 Å².